The van der Waals surface area contributed by atoms with E-state index < -0.39 is 0 Å². The first-order valence-corrected chi connectivity index (χ1v) is 8.12. The van der Waals surface area contributed by atoms with E-state index >= 15 is 0 Å². The van der Waals surface area contributed by atoms with Gasteiger partial charge in [0.2, 0.25) is 0 Å². The fourth-order valence-electron chi connectivity index (χ4n) is 2.27. The van der Waals surface area contributed by atoms with Crippen molar-refractivity contribution in [3.05, 3.63) is 22.8 Å². The van der Waals surface area contributed by atoms with Crippen LogP contribution in [0.4, 0.5) is 5.82 Å². The van der Waals surface area contributed by atoms with Crippen LogP contribution in [0.1, 0.15) is 45.7 Å². The van der Waals surface area contributed by atoms with Gasteiger partial charge in [-0.2, -0.15) is 0 Å². The number of hydrogen-bond donors (Lipinski definition) is 1. The van der Waals surface area contributed by atoms with Crippen molar-refractivity contribution in [2.24, 2.45) is 5.92 Å². The highest BCUT2D eigenvalue weighted by Gasteiger charge is 2.30. The maximum atomic E-state index is 6.24. The minimum Gasteiger partial charge on any atom is -0.354 e. The van der Waals surface area contributed by atoms with Crippen molar-refractivity contribution in [3.63, 3.8) is 0 Å². The van der Waals surface area contributed by atoms with E-state index in [0.717, 1.165) is 42.1 Å². The quantitative estimate of drug-likeness (QED) is 0.789. The molecule has 2 rings (SSSR count). The van der Waals surface area contributed by atoms with Crippen LogP contribution in [0.15, 0.2) is 12.1 Å². The van der Waals surface area contributed by atoms with E-state index in [1.807, 2.05) is 6.07 Å². The summed E-state index contributed by atoms with van der Waals surface area (Å²) in [6, 6.07) is 4.74. The second kappa shape index (κ2) is 7.28. The summed E-state index contributed by atoms with van der Waals surface area (Å²) in [6.45, 7) is 9.41. The van der Waals surface area contributed by atoms with Crippen LogP contribution in [0.3, 0.4) is 0 Å². The lowest BCUT2D eigenvalue weighted by atomic mass is 10.1. The molecule has 0 bridgehead atoms. The van der Waals surface area contributed by atoms with Crippen LogP contribution in [-0.4, -0.2) is 24.1 Å². The molecule has 0 spiro atoms. The van der Waals surface area contributed by atoms with Crippen molar-refractivity contribution < 1.29 is 0 Å². The first kappa shape index (κ1) is 15.6. The molecule has 20 heavy (non-hydrogen) atoms. The second-order valence-corrected chi connectivity index (χ2v) is 6.39. The van der Waals surface area contributed by atoms with E-state index in [4.69, 9.17) is 16.6 Å². The molecule has 1 N–H and O–H groups in total. The molecule has 1 aromatic heterocycles. The minimum atomic E-state index is 0.689. The zero-order valence-corrected chi connectivity index (χ0v) is 13.6. The Balaban J connectivity index is 2.11. The fourth-order valence-corrected chi connectivity index (χ4v) is 2.44. The Morgan fingerprint density at radius 3 is 2.75 bits per heavy atom. The van der Waals surface area contributed by atoms with Crippen molar-refractivity contribution >= 4 is 17.4 Å². The molecule has 4 heteroatoms. The van der Waals surface area contributed by atoms with E-state index in [1.54, 1.807) is 0 Å². The summed E-state index contributed by atoms with van der Waals surface area (Å²) < 4.78 is 0. The van der Waals surface area contributed by atoms with E-state index in [9.17, 15) is 0 Å². The Kier molecular flexibility index (Phi) is 5.67. The molecule has 0 amide bonds. The number of rotatable bonds is 8. The van der Waals surface area contributed by atoms with E-state index in [-0.39, 0.29) is 0 Å². The van der Waals surface area contributed by atoms with Gasteiger partial charge in [-0.3, -0.25) is 0 Å². The lowest BCUT2D eigenvalue weighted by molar-refractivity contribution is 0.568. The molecule has 1 aliphatic rings. The number of hydrogen-bond acceptors (Lipinski definition) is 3. The molecule has 0 aromatic carbocycles. The third kappa shape index (κ3) is 4.35. The van der Waals surface area contributed by atoms with Crippen LogP contribution < -0.4 is 10.2 Å². The van der Waals surface area contributed by atoms with E-state index in [1.165, 1.54) is 19.3 Å². The SMILES string of the molecule is CCNCc1nc(N(CCC(C)C)C2CC2)ccc1Cl. The Morgan fingerprint density at radius 2 is 2.15 bits per heavy atom. The van der Waals surface area contributed by atoms with Crippen molar-refractivity contribution in [3.8, 4) is 0 Å². The highest BCUT2D eigenvalue weighted by Crippen LogP contribution is 2.32. The number of nitrogens with one attached hydrogen (secondary N) is 1. The van der Waals surface area contributed by atoms with Gasteiger partial charge in [0.1, 0.15) is 5.82 Å². The van der Waals surface area contributed by atoms with Crippen LogP contribution >= 0.6 is 11.6 Å². The molecule has 1 saturated carbocycles. The van der Waals surface area contributed by atoms with Crippen LogP contribution in [0, 0.1) is 5.92 Å². The molecule has 0 unspecified atom stereocenters. The molecule has 1 aromatic rings. The predicted molar refractivity (Wildman–Crippen MR) is 86.5 cm³/mol. The first-order valence-electron chi connectivity index (χ1n) is 7.74. The van der Waals surface area contributed by atoms with Crippen molar-refractivity contribution in [1.82, 2.24) is 10.3 Å². The molecule has 1 aliphatic carbocycles. The first-order chi connectivity index (χ1) is 9.61. The number of pyridine rings is 1. The summed E-state index contributed by atoms with van der Waals surface area (Å²) in [4.78, 5) is 7.24. The van der Waals surface area contributed by atoms with Gasteiger partial charge in [0.25, 0.3) is 0 Å². The summed E-state index contributed by atoms with van der Waals surface area (Å²) in [7, 11) is 0. The van der Waals surface area contributed by atoms with Gasteiger partial charge in [-0.15, -0.1) is 0 Å². The molecule has 0 radical (unpaired) electrons. The summed E-state index contributed by atoms with van der Waals surface area (Å²) in [5, 5.41) is 4.06. The lowest BCUT2D eigenvalue weighted by Crippen LogP contribution is -2.29. The third-order valence-corrected chi connectivity index (χ3v) is 4.02. The number of aromatic nitrogens is 1. The van der Waals surface area contributed by atoms with Gasteiger partial charge in [-0.05, 0) is 43.9 Å². The van der Waals surface area contributed by atoms with Gasteiger partial charge < -0.3 is 10.2 Å². The summed E-state index contributed by atoms with van der Waals surface area (Å²) in [5.41, 5.74) is 0.959. The summed E-state index contributed by atoms with van der Waals surface area (Å²) in [5.74, 6) is 1.82. The van der Waals surface area contributed by atoms with Crippen LogP contribution in [0.25, 0.3) is 0 Å². The molecule has 3 nitrogen and oxygen atoms in total. The maximum absolute atomic E-state index is 6.24. The maximum Gasteiger partial charge on any atom is 0.129 e. The monoisotopic (exact) mass is 295 g/mol. The standard InChI is InChI=1S/C16H26ClN3/c1-4-18-11-15-14(17)7-8-16(19-15)20(13-5-6-13)10-9-12(2)3/h7-8,12-13,18H,4-6,9-11H2,1-3H3. The number of halogens is 1. The molecule has 0 saturated heterocycles. The van der Waals surface area contributed by atoms with Crippen LogP contribution in [-0.2, 0) is 6.54 Å². The third-order valence-electron chi connectivity index (χ3n) is 3.68. The van der Waals surface area contributed by atoms with Gasteiger partial charge >= 0.3 is 0 Å². The summed E-state index contributed by atoms with van der Waals surface area (Å²) >= 11 is 6.24. The fraction of sp³-hybridized carbons (Fsp3) is 0.688. The number of anilines is 1. The van der Waals surface area contributed by atoms with Gasteiger partial charge in [0, 0.05) is 19.1 Å². The Labute approximate surface area is 127 Å². The van der Waals surface area contributed by atoms with Crippen molar-refractivity contribution in [2.75, 3.05) is 18.0 Å². The molecule has 0 atom stereocenters. The largest absolute Gasteiger partial charge is 0.354 e. The average molecular weight is 296 g/mol. The Hall–Kier alpha value is -0.800. The number of nitrogens with zero attached hydrogens (tertiary/aromatic N) is 2. The Bertz CT molecular complexity index is 430. The zero-order valence-electron chi connectivity index (χ0n) is 12.8. The molecular formula is C16H26ClN3. The van der Waals surface area contributed by atoms with Gasteiger partial charge in [0.05, 0.1) is 10.7 Å². The second-order valence-electron chi connectivity index (χ2n) is 5.99. The molecule has 1 heterocycles. The highest BCUT2D eigenvalue weighted by atomic mass is 35.5. The topological polar surface area (TPSA) is 28.2 Å². The Morgan fingerprint density at radius 1 is 1.40 bits per heavy atom. The minimum absolute atomic E-state index is 0.689. The van der Waals surface area contributed by atoms with Crippen molar-refractivity contribution in [1.29, 1.82) is 0 Å². The molecule has 1 fully saturated rings. The average Bonchev–Trinajstić information content (AvgIpc) is 3.23. The molecule has 112 valence electrons. The van der Waals surface area contributed by atoms with Gasteiger partial charge in [0.15, 0.2) is 0 Å². The zero-order chi connectivity index (χ0) is 14.5. The smallest absolute Gasteiger partial charge is 0.129 e. The normalized spacial score (nSPS) is 14.8. The van der Waals surface area contributed by atoms with Gasteiger partial charge in [-0.25, -0.2) is 4.98 Å². The van der Waals surface area contributed by atoms with Crippen LogP contribution in [0.5, 0.6) is 0 Å². The predicted octanol–water partition coefficient (Wildman–Crippen LogP) is 3.86. The molecule has 0 aliphatic heterocycles. The van der Waals surface area contributed by atoms with Crippen molar-refractivity contribution in [2.45, 2.75) is 52.6 Å². The van der Waals surface area contributed by atoms with Crippen LogP contribution in [0.2, 0.25) is 5.02 Å². The highest BCUT2D eigenvalue weighted by molar-refractivity contribution is 6.31. The van der Waals surface area contributed by atoms with E-state index in [2.05, 4.69) is 37.1 Å². The lowest BCUT2D eigenvalue weighted by Gasteiger charge is -2.25. The van der Waals surface area contributed by atoms with Gasteiger partial charge in [-0.1, -0.05) is 32.4 Å². The van der Waals surface area contributed by atoms with E-state index in [0.29, 0.717) is 6.04 Å². The summed E-state index contributed by atoms with van der Waals surface area (Å²) in [6.07, 6.45) is 3.80. The molecular weight excluding hydrogens is 270 g/mol.